The molecule has 1 aliphatic carbocycles. The number of benzene rings is 1. The summed E-state index contributed by atoms with van der Waals surface area (Å²) in [6.07, 6.45) is 6.81. The molecule has 2 aromatic rings. The molecule has 1 aliphatic heterocycles. The molecule has 2 N–H and O–H groups in total. The fraction of sp³-hybridized carbons (Fsp3) is 0.571. The Morgan fingerprint density at radius 1 is 1.27 bits per heavy atom. The maximum atomic E-state index is 14.4. The predicted octanol–water partition coefficient (Wildman–Crippen LogP) is 5.05. The zero-order chi connectivity index (χ0) is 26.6. The number of aromatic nitrogens is 2. The molecule has 0 bridgehead atoms. The zero-order valence-corrected chi connectivity index (χ0v) is 21.6. The lowest BCUT2D eigenvalue weighted by Gasteiger charge is -2.30. The summed E-state index contributed by atoms with van der Waals surface area (Å²) in [5.74, 6) is -1.21. The Kier molecular flexibility index (Phi) is 8.38. The number of amides is 1. The molecular weight excluding hydrogens is 476 g/mol. The largest absolute Gasteiger partial charge is 0.347 e. The van der Waals surface area contributed by atoms with Crippen molar-refractivity contribution in [2.45, 2.75) is 70.8 Å². The van der Waals surface area contributed by atoms with E-state index in [1.165, 1.54) is 6.07 Å². The van der Waals surface area contributed by atoms with Gasteiger partial charge in [0.1, 0.15) is 29.3 Å². The van der Waals surface area contributed by atoms with Crippen LogP contribution in [-0.4, -0.2) is 46.7 Å². The number of nitriles is 1. The molecule has 1 aromatic heterocycles. The van der Waals surface area contributed by atoms with Crippen molar-refractivity contribution < 1.29 is 18.4 Å². The van der Waals surface area contributed by atoms with Crippen LogP contribution >= 0.6 is 0 Å². The van der Waals surface area contributed by atoms with Crippen molar-refractivity contribution in [1.29, 1.82) is 5.26 Å². The fourth-order valence-corrected chi connectivity index (χ4v) is 5.45. The third-order valence-corrected chi connectivity index (χ3v) is 8.02. The number of rotatable bonds is 11. The molecule has 0 unspecified atom stereocenters. The first kappa shape index (κ1) is 26.9. The Hall–Kier alpha value is -3.12. The lowest BCUT2D eigenvalue weighted by molar-refractivity contribution is -0.124. The van der Waals surface area contributed by atoms with Crippen molar-refractivity contribution in [3.05, 3.63) is 41.2 Å². The maximum Gasteiger partial charge on any atom is 0.224 e. The van der Waals surface area contributed by atoms with Crippen molar-refractivity contribution in [3.8, 4) is 17.5 Å². The van der Waals surface area contributed by atoms with E-state index in [1.54, 1.807) is 0 Å². The number of imidazole rings is 1. The van der Waals surface area contributed by atoms with Crippen LogP contribution in [0.4, 0.5) is 8.78 Å². The molecule has 2 aliphatic rings. The smallest absolute Gasteiger partial charge is 0.224 e. The number of likely N-dealkylation sites (tertiary alicyclic amines) is 1. The number of hydrogen-bond acceptors (Lipinski definition) is 5. The highest BCUT2D eigenvalue weighted by Gasteiger charge is 2.58. The van der Waals surface area contributed by atoms with Gasteiger partial charge in [-0.15, -0.1) is 0 Å². The van der Waals surface area contributed by atoms with Gasteiger partial charge < -0.3 is 15.2 Å². The third kappa shape index (κ3) is 6.24. The van der Waals surface area contributed by atoms with Crippen molar-refractivity contribution >= 4 is 11.7 Å². The second kappa shape index (κ2) is 11.5. The molecule has 1 amide bonds. The Morgan fingerprint density at radius 3 is 2.70 bits per heavy atom. The molecule has 9 heteroatoms. The van der Waals surface area contributed by atoms with E-state index in [4.69, 9.17) is 0 Å². The highest BCUT2D eigenvalue weighted by Crippen LogP contribution is 2.59. The van der Waals surface area contributed by atoms with Gasteiger partial charge in [0.2, 0.25) is 5.91 Å². The minimum absolute atomic E-state index is 0.0243. The summed E-state index contributed by atoms with van der Waals surface area (Å²) in [5.41, 5.74) is 0.628. The molecule has 2 fully saturated rings. The van der Waals surface area contributed by atoms with Crippen LogP contribution < -0.4 is 5.32 Å². The summed E-state index contributed by atoms with van der Waals surface area (Å²) in [5, 5.41) is 12.9. The normalized spacial score (nSPS) is 19.4. The number of H-pyrrole nitrogens is 1. The van der Waals surface area contributed by atoms with Crippen LogP contribution in [0.2, 0.25) is 0 Å². The molecule has 2 heterocycles. The number of nitrogens with zero attached hydrogens (tertiary/aromatic N) is 3. The average Bonchev–Trinajstić information content (AvgIpc) is 3.42. The monoisotopic (exact) mass is 511 g/mol. The van der Waals surface area contributed by atoms with E-state index >= 15 is 0 Å². The zero-order valence-electron chi connectivity index (χ0n) is 21.6. The van der Waals surface area contributed by atoms with Crippen LogP contribution in [0.5, 0.6) is 0 Å². The molecule has 1 aromatic carbocycles. The van der Waals surface area contributed by atoms with Crippen molar-refractivity contribution in [2.75, 3.05) is 20.1 Å². The van der Waals surface area contributed by atoms with E-state index in [0.29, 0.717) is 25.0 Å². The summed E-state index contributed by atoms with van der Waals surface area (Å²) < 4.78 is 27.9. The lowest BCUT2D eigenvalue weighted by atomic mass is 9.90. The first-order valence-electron chi connectivity index (χ1n) is 13.2. The molecule has 1 saturated carbocycles. The molecule has 1 spiro atoms. The predicted molar refractivity (Wildman–Crippen MR) is 135 cm³/mol. The van der Waals surface area contributed by atoms with Gasteiger partial charge in [0, 0.05) is 24.8 Å². The second-order valence-electron chi connectivity index (χ2n) is 10.6. The standard InChI is InChI=1S/C28H35F2N5O2/c1-3-19(36)7-5-4-6-8-23(33-27(37)21-16-28(21)11-13-35(2)14-12-28)25-24(17-31)32-26(34-25)20-10-9-18(29)15-22(20)30/h9-10,15,21,23H,3-8,11-14,16H2,1-2H3,(H,32,34)(H,33,37)/t21-,23+/m1/s1. The van der Waals surface area contributed by atoms with Crippen molar-refractivity contribution in [1.82, 2.24) is 20.2 Å². The molecule has 37 heavy (non-hydrogen) atoms. The fourth-order valence-electron chi connectivity index (χ4n) is 5.45. The molecule has 7 nitrogen and oxygen atoms in total. The van der Waals surface area contributed by atoms with Crippen LogP contribution in [0.3, 0.4) is 0 Å². The number of carbonyl (C=O) groups excluding carboxylic acids is 2. The van der Waals surface area contributed by atoms with Gasteiger partial charge in [-0.2, -0.15) is 5.26 Å². The SMILES string of the molecule is CCC(=O)CCCCC[C@H](NC(=O)[C@H]1CC12CCN(C)CC2)c1[nH]c(-c2ccc(F)cc2F)nc1C#N. The molecule has 198 valence electrons. The van der Waals surface area contributed by atoms with Crippen LogP contribution in [0.25, 0.3) is 11.4 Å². The number of hydrogen-bond donors (Lipinski definition) is 2. The van der Waals surface area contributed by atoms with E-state index in [0.717, 1.165) is 63.7 Å². The van der Waals surface area contributed by atoms with Crippen LogP contribution in [0.15, 0.2) is 18.2 Å². The number of halogens is 2. The van der Waals surface area contributed by atoms with Gasteiger partial charge in [-0.1, -0.05) is 19.8 Å². The summed E-state index contributed by atoms with van der Waals surface area (Å²) in [6.45, 7) is 3.82. The Bertz CT molecular complexity index is 1180. The van der Waals surface area contributed by atoms with Crippen LogP contribution in [0, 0.1) is 34.3 Å². The van der Waals surface area contributed by atoms with E-state index < -0.39 is 17.7 Å². The van der Waals surface area contributed by atoms with Crippen LogP contribution in [-0.2, 0) is 9.59 Å². The minimum Gasteiger partial charge on any atom is -0.347 e. The van der Waals surface area contributed by atoms with E-state index in [1.807, 2.05) is 6.92 Å². The quantitative estimate of drug-likeness (QED) is 0.411. The highest BCUT2D eigenvalue weighted by atomic mass is 19.1. The molecule has 1 saturated heterocycles. The van der Waals surface area contributed by atoms with Gasteiger partial charge in [-0.25, -0.2) is 13.8 Å². The first-order valence-corrected chi connectivity index (χ1v) is 13.2. The Balaban J connectivity index is 1.51. The molecule has 2 atom stereocenters. The van der Waals surface area contributed by atoms with Gasteiger partial charge in [0.15, 0.2) is 5.69 Å². The first-order chi connectivity index (χ1) is 17.8. The second-order valence-corrected chi connectivity index (χ2v) is 10.6. The number of unbranched alkanes of at least 4 members (excludes halogenated alkanes) is 2. The Labute approximate surface area is 216 Å². The summed E-state index contributed by atoms with van der Waals surface area (Å²) in [7, 11) is 2.09. The average molecular weight is 512 g/mol. The number of ketones is 1. The highest BCUT2D eigenvalue weighted by molar-refractivity contribution is 5.83. The van der Waals surface area contributed by atoms with E-state index in [2.05, 4.69) is 33.3 Å². The topological polar surface area (TPSA) is 102 Å². The number of nitrogens with one attached hydrogen (secondary N) is 2. The van der Waals surface area contributed by atoms with Gasteiger partial charge >= 0.3 is 0 Å². The lowest BCUT2D eigenvalue weighted by Crippen LogP contribution is -2.36. The number of Topliss-reactive ketones (excluding diaryl/α,β-unsaturated/α-hetero) is 1. The van der Waals surface area contributed by atoms with Gasteiger partial charge in [0.05, 0.1) is 17.3 Å². The third-order valence-electron chi connectivity index (χ3n) is 8.02. The summed E-state index contributed by atoms with van der Waals surface area (Å²) in [6, 6.07) is 4.75. The Morgan fingerprint density at radius 2 is 2.03 bits per heavy atom. The molecule has 0 radical (unpaired) electrons. The van der Waals surface area contributed by atoms with E-state index in [-0.39, 0.29) is 40.1 Å². The van der Waals surface area contributed by atoms with Crippen molar-refractivity contribution in [3.63, 3.8) is 0 Å². The summed E-state index contributed by atoms with van der Waals surface area (Å²) >= 11 is 0. The van der Waals surface area contributed by atoms with Gasteiger partial charge in [0.25, 0.3) is 0 Å². The van der Waals surface area contributed by atoms with Crippen molar-refractivity contribution in [2.24, 2.45) is 11.3 Å². The maximum absolute atomic E-state index is 14.4. The number of aromatic amines is 1. The van der Waals surface area contributed by atoms with Gasteiger partial charge in [-0.05, 0) is 69.8 Å². The summed E-state index contributed by atoms with van der Waals surface area (Å²) in [4.78, 5) is 34.6. The minimum atomic E-state index is -0.784. The van der Waals surface area contributed by atoms with E-state index in [9.17, 15) is 23.6 Å². The number of piperidine rings is 1. The number of carbonyl (C=O) groups is 2. The van der Waals surface area contributed by atoms with Crippen LogP contribution in [0.1, 0.15) is 82.1 Å². The van der Waals surface area contributed by atoms with Gasteiger partial charge in [-0.3, -0.25) is 9.59 Å². The molecular formula is C28H35F2N5O2. The molecule has 4 rings (SSSR count).